The average Bonchev–Trinajstić information content (AvgIpc) is 3.29. The molecule has 0 radical (unpaired) electrons. The third-order valence-corrected chi connectivity index (χ3v) is 6.16. The minimum atomic E-state index is -0.131. The van der Waals surface area contributed by atoms with Gasteiger partial charge in [-0.15, -0.1) is 0 Å². The van der Waals surface area contributed by atoms with Gasteiger partial charge in [-0.1, -0.05) is 23.5 Å². The number of para-hydroxylation sites is 2. The first-order valence-electron chi connectivity index (χ1n) is 9.68. The highest BCUT2D eigenvalue weighted by Crippen LogP contribution is 2.44. The molecule has 0 saturated carbocycles. The van der Waals surface area contributed by atoms with E-state index in [1.165, 1.54) is 18.3 Å². The normalized spacial score (nSPS) is 12.3. The lowest BCUT2D eigenvalue weighted by Crippen LogP contribution is -2.07. The van der Waals surface area contributed by atoms with Crippen LogP contribution < -0.4 is 11.1 Å². The minimum absolute atomic E-state index is 0.131. The van der Waals surface area contributed by atoms with Crippen molar-refractivity contribution in [2.24, 2.45) is 0 Å². The Labute approximate surface area is 177 Å². The molecule has 7 nitrogen and oxygen atoms in total. The zero-order valence-corrected chi connectivity index (χ0v) is 17.5. The SMILES string of the molecule is CC(=O)Nc1nc2c(s1)-c1c(c(-c3ccc(C)nc3)nn1-c1ccccc1N)CC2. The zero-order valence-electron chi connectivity index (χ0n) is 16.6. The summed E-state index contributed by atoms with van der Waals surface area (Å²) in [5, 5.41) is 8.40. The molecule has 0 aliphatic heterocycles. The molecule has 1 aliphatic rings. The van der Waals surface area contributed by atoms with Gasteiger partial charge in [-0.05, 0) is 44.0 Å². The number of nitrogen functional groups attached to an aromatic ring is 1. The monoisotopic (exact) mass is 416 g/mol. The Kier molecular flexibility index (Phi) is 4.36. The van der Waals surface area contributed by atoms with E-state index in [-0.39, 0.29) is 5.91 Å². The van der Waals surface area contributed by atoms with Gasteiger partial charge in [-0.25, -0.2) is 9.67 Å². The fourth-order valence-corrected chi connectivity index (χ4v) is 4.88. The summed E-state index contributed by atoms with van der Waals surface area (Å²) in [4.78, 5) is 21.6. The van der Waals surface area contributed by atoms with E-state index >= 15 is 0 Å². The van der Waals surface area contributed by atoms with Crippen LogP contribution in [-0.4, -0.2) is 25.7 Å². The van der Waals surface area contributed by atoms with Crippen LogP contribution in [0.3, 0.4) is 0 Å². The zero-order chi connectivity index (χ0) is 20.8. The van der Waals surface area contributed by atoms with Crippen molar-refractivity contribution in [3.8, 4) is 27.5 Å². The number of anilines is 2. The number of nitrogens with zero attached hydrogens (tertiary/aromatic N) is 4. The largest absolute Gasteiger partial charge is 0.397 e. The summed E-state index contributed by atoms with van der Waals surface area (Å²) >= 11 is 1.47. The van der Waals surface area contributed by atoms with Crippen molar-refractivity contribution in [1.29, 1.82) is 0 Å². The summed E-state index contributed by atoms with van der Waals surface area (Å²) in [6.45, 7) is 3.46. The summed E-state index contributed by atoms with van der Waals surface area (Å²) in [7, 11) is 0. The second-order valence-electron chi connectivity index (χ2n) is 7.31. The Morgan fingerprint density at radius 1 is 1.20 bits per heavy atom. The summed E-state index contributed by atoms with van der Waals surface area (Å²) in [5.74, 6) is -0.131. The lowest BCUT2D eigenvalue weighted by atomic mass is 9.95. The Balaban J connectivity index is 1.76. The number of benzene rings is 1. The van der Waals surface area contributed by atoms with Crippen molar-refractivity contribution < 1.29 is 4.79 Å². The van der Waals surface area contributed by atoms with Gasteiger partial charge in [-0.2, -0.15) is 5.10 Å². The number of fused-ring (bicyclic) bond motifs is 3. The number of nitrogens with two attached hydrogens (primary N) is 1. The molecule has 30 heavy (non-hydrogen) atoms. The molecule has 0 fully saturated rings. The topological polar surface area (TPSA) is 98.7 Å². The molecule has 0 bridgehead atoms. The molecule has 1 aromatic carbocycles. The van der Waals surface area contributed by atoms with Gasteiger partial charge < -0.3 is 11.1 Å². The summed E-state index contributed by atoms with van der Waals surface area (Å²) in [6, 6.07) is 11.7. The summed E-state index contributed by atoms with van der Waals surface area (Å²) in [5.41, 5.74) is 13.7. The number of hydrogen-bond donors (Lipinski definition) is 2. The summed E-state index contributed by atoms with van der Waals surface area (Å²) in [6.07, 6.45) is 3.46. The Morgan fingerprint density at radius 2 is 2.03 bits per heavy atom. The third-order valence-electron chi connectivity index (χ3n) is 5.14. The second kappa shape index (κ2) is 7.07. The van der Waals surface area contributed by atoms with Crippen LogP contribution in [0.2, 0.25) is 0 Å². The van der Waals surface area contributed by atoms with Crippen molar-refractivity contribution in [3.05, 3.63) is 59.5 Å². The quantitative estimate of drug-likeness (QED) is 0.492. The maximum Gasteiger partial charge on any atom is 0.223 e. The molecule has 5 rings (SSSR count). The van der Waals surface area contributed by atoms with E-state index in [0.717, 1.165) is 57.3 Å². The van der Waals surface area contributed by atoms with Gasteiger partial charge in [0.15, 0.2) is 5.13 Å². The predicted octanol–water partition coefficient (Wildman–Crippen LogP) is 4.01. The fourth-order valence-electron chi connectivity index (χ4n) is 3.77. The molecular formula is C22H20N6OS. The van der Waals surface area contributed by atoms with Crippen LogP contribution in [0.25, 0.3) is 27.5 Å². The first-order chi connectivity index (χ1) is 14.5. The Hall–Kier alpha value is -3.52. The van der Waals surface area contributed by atoms with Crippen LogP contribution in [0.1, 0.15) is 23.9 Å². The molecule has 4 aromatic rings. The number of amides is 1. The van der Waals surface area contributed by atoms with E-state index in [2.05, 4.69) is 21.4 Å². The van der Waals surface area contributed by atoms with Crippen LogP contribution in [0.4, 0.5) is 10.8 Å². The van der Waals surface area contributed by atoms with Crippen molar-refractivity contribution in [3.63, 3.8) is 0 Å². The standard InChI is InChI=1S/C22H20N6OS/c1-12-7-8-14(11-24-12)19-15-9-10-17-21(30-22(26-17)25-13(2)29)20(15)28(27-19)18-6-4-3-5-16(18)23/h3-8,11H,9-10,23H2,1-2H3,(H,25,26,29). The number of nitrogens with one attached hydrogen (secondary N) is 1. The highest BCUT2D eigenvalue weighted by atomic mass is 32.1. The number of pyridine rings is 1. The van der Waals surface area contributed by atoms with Gasteiger partial charge in [0, 0.05) is 29.9 Å². The van der Waals surface area contributed by atoms with E-state index in [4.69, 9.17) is 10.8 Å². The van der Waals surface area contributed by atoms with Crippen LogP contribution in [-0.2, 0) is 17.6 Å². The molecule has 0 saturated heterocycles. The van der Waals surface area contributed by atoms with Gasteiger partial charge in [0.1, 0.15) is 0 Å². The molecule has 0 atom stereocenters. The van der Waals surface area contributed by atoms with E-state index in [9.17, 15) is 4.79 Å². The predicted molar refractivity (Wildman–Crippen MR) is 119 cm³/mol. The highest BCUT2D eigenvalue weighted by Gasteiger charge is 2.30. The molecule has 3 N–H and O–H groups in total. The van der Waals surface area contributed by atoms with Crippen molar-refractivity contribution in [1.82, 2.24) is 19.7 Å². The smallest absolute Gasteiger partial charge is 0.223 e. The lowest BCUT2D eigenvalue weighted by molar-refractivity contribution is -0.114. The van der Waals surface area contributed by atoms with Crippen LogP contribution in [0.15, 0.2) is 42.6 Å². The first kappa shape index (κ1) is 18.5. The number of aryl methyl sites for hydroxylation is 2. The van der Waals surface area contributed by atoms with Crippen molar-refractivity contribution in [2.45, 2.75) is 26.7 Å². The molecule has 0 spiro atoms. The van der Waals surface area contributed by atoms with E-state index in [1.807, 2.05) is 48.1 Å². The lowest BCUT2D eigenvalue weighted by Gasteiger charge is -2.15. The number of aromatic nitrogens is 4. The van der Waals surface area contributed by atoms with Gasteiger partial charge in [0.05, 0.1) is 33.3 Å². The molecule has 0 unspecified atom stereocenters. The van der Waals surface area contributed by atoms with Gasteiger partial charge in [0.2, 0.25) is 5.91 Å². The average molecular weight is 417 g/mol. The van der Waals surface area contributed by atoms with Gasteiger partial charge in [-0.3, -0.25) is 9.78 Å². The number of hydrogen-bond acceptors (Lipinski definition) is 6. The molecular weight excluding hydrogens is 396 g/mol. The number of carbonyl (C=O) groups excluding carboxylic acids is 1. The number of rotatable bonds is 3. The molecule has 3 heterocycles. The Morgan fingerprint density at radius 3 is 2.77 bits per heavy atom. The van der Waals surface area contributed by atoms with E-state index < -0.39 is 0 Å². The molecule has 1 amide bonds. The third kappa shape index (κ3) is 3.05. The first-order valence-corrected chi connectivity index (χ1v) is 10.5. The molecule has 150 valence electrons. The van der Waals surface area contributed by atoms with Crippen molar-refractivity contribution >= 4 is 28.1 Å². The van der Waals surface area contributed by atoms with Crippen LogP contribution in [0, 0.1) is 6.92 Å². The van der Waals surface area contributed by atoms with Crippen molar-refractivity contribution in [2.75, 3.05) is 11.1 Å². The van der Waals surface area contributed by atoms with E-state index in [0.29, 0.717) is 10.8 Å². The maximum absolute atomic E-state index is 11.5. The second-order valence-corrected chi connectivity index (χ2v) is 8.31. The number of thiazole rings is 1. The van der Waals surface area contributed by atoms with Gasteiger partial charge in [0.25, 0.3) is 0 Å². The molecule has 3 aromatic heterocycles. The van der Waals surface area contributed by atoms with Crippen LogP contribution in [0.5, 0.6) is 0 Å². The number of carbonyl (C=O) groups is 1. The highest BCUT2D eigenvalue weighted by molar-refractivity contribution is 7.19. The minimum Gasteiger partial charge on any atom is -0.397 e. The maximum atomic E-state index is 11.5. The Bertz CT molecular complexity index is 1270. The molecule has 8 heteroatoms. The fraction of sp³-hybridized carbons (Fsp3) is 0.182. The van der Waals surface area contributed by atoms with E-state index in [1.54, 1.807) is 0 Å². The van der Waals surface area contributed by atoms with Crippen LogP contribution >= 0.6 is 11.3 Å². The summed E-state index contributed by atoms with van der Waals surface area (Å²) < 4.78 is 1.91. The molecule has 1 aliphatic carbocycles. The van der Waals surface area contributed by atoms with Gasteiger partial charge >= 0.3 is 0 Å².